The SMILES string of the molecule is CCCC(=O)N1CCC(N(Cc2cccc(Cl)c2)C(=O)CN(CCOC)S(=O)(=O)CCC)CC1. The van der Waals surface area contributed by atoms with E-state index < -0.39 is 10.0 Å². The van der Waals surface area contributed by atoms with Gasteiger partial charge in [0.1, 0.15) is 0 Å². The first-order chi connectivity index (χ1) is 16.2. The van der Waals surface area contributed by atoms with Crippen molar-refractivity contribution in [1.29, 1.82) is 0 Å². The lowest BCUT2D eigenvalue weighted by Gasteiger charge is -2.39. The minimum Gasteiger partial charge on any atom is -0.383 e. The van der Waals surface area contributed by atoms with E-state index in [9.17, 15) is 18.0 Å². The average molecular weight is 516 g/mol. The molecule has 0 bridgehead atoms. The van der Waals surface area contributed by atoms with E-state index in [-0.39, 0.29) is 43.3 Å². The van der Waals surface area contributed by atoms with Gasteiger partial charge in [-0.2, -0.15) is 4.31 Å². The van der Waals surface area contributed by atoms with Crippen LogP contribution in [0.15, 0.2) is 24.3 Å². The number of likely N-dealkylation sites (tertiary alicyclic amines) is 1. The Balaban J connectivity index is 2.22. The molecule has 0 saturated carbocycles. The van der Waals surface area contributed by atoms with Gasteiger partial charge in [0.05, 0.1) is 18.9 Å². The van der Waals surface area contributed by atoms with Gasteiger partial charge in [0, 0.05) is 50.8 Å². The van der Waals surface area contributed by atoms with Crippen LogP contribution in [0.1, 0.15) is 51.5 Å². The number of hydrogen-bond donors (Lipinski definition) is 0. The molecule has 2 rings (SSSR count). The highest BCUT2D eigenvalue weighted by molar-refractivity contribution is 7.89. The Bertz CT molecular complexity index is 904. The molecule has 0 unspecified atom stereocenters. The summed E-state index contributed by atoms with van der Waals surface area (Å²) < 4.78 is 31.9. The molecule has 8 nitrogen and oxygen atoms in total. The third-order valence-corrected chi connectivity index (χ3v) is 8.25. The van der Waals surface area contributed by atoms with Gasteiger partial charge in [-0.25, -0.2) is 8.42 Å². The number of halogens is 1. The van der Waals surface area contributed by atoms with Gasteiger partial charge in [-0.3, -0.25) is 9.59 Å². The lowest BCUT2D eigenvalue weighted by Crippen LogP contribution is -2.51. The first-order valence-electron chi connectivity index (χ1n) is 12.0. The van der Waals surface area contributed by atoms with Gasteiger partial charge in [-0.15, -0.1) is 0 Å². The Morgan fingerprint density at radius 2 is 1.88 bits per heavy atom. The van der Waals surface area contributed by atoms with Crippen LogP contribution < -0.4 is 0 Å². The summed E-state index contributed by atoms with van der Waals surface area (Å²) in [6, 6.07) is 7.25. The van der Waals surface area contributed by atoms with Crippen molar-refractivity contribution < 1.29 is 22.7 Å². The molecule has 0 radical (unpaired) electrons. The van der Waals surface area contributed by atoms with Crippen LogP contribution in [-0.2, 0) is 30.9 Å². The molecule has 0 aliphatic carbocycles. The third-order valence-electron chi connectivity index (χ3n) is 6.00. The number of carbonyl (C=O) groups is 2. The van der Waals surface area contributed by atoms with Gasteiger partial charge < -0.3 is 14.5 Å². The standard InChI is InChI=1S/C24H38ClN3O5S/c1-4-7-23(29)26-12-10-22(11-13-26)28(18-20-8-6-9-21(25)17-20)24(30)19-27(14-15-33-3)34(31,32)16-5-2/h6,8-9,17,22H,4-5,7,10-16,18-19H2,1-3H3. The summed E-state index contributed by atoms with van der Waals surface area (Å²) >= 11 is 6.16. The fourth-order valence-corrected chi connectivity index (χ4v) is 5.84. The van der Waals surface area contributed by atoms with Crippen molar-refractivity contribution in [3.8, 4) is 0 Å². The number of methoxy groups -OCH3 is 1. The van der Waals surface area contributed by atoms with Crippen molar-refractivity contribution in [1.82, 2.24) is 14.1 Å². The van der Waals surface area contributed by atoms with E-state index in [0.717, 1.165) is 12.0 Å². The molecule has 0 N–H and O–H groups in total. The predicted octanol–water partition coefficient (Wildman–Crippen LogP) is 3.15. The number of carbonyl (C=O) groups excluding carboxylic acids is 2. The highest BCUT2D eigenvalue weighted by atomic mass is 35.5. The van der Waals surface area contributed by atoms with Crippen molar-refractivity contribution in [2.45, 2.75) is 58.5 Å². The molecular weight excluding hydrogens is 478 g/mol. The second kappa shape index (κ2) is 14.0. The lowest BCUT2D eigenvalue weighted by atomic mass is 10.0. The second-order valence-electron chi connectivity index (χ2n) is 8.66. The fraction of sp³-hybridized carbons (Fsp3) is 0.667. The van der Waals surface area contributed by atoms with Crippen molar-refractivity contribution in [2.24, 2.45) is 0 Å². The molecule has 2 amide bonds. The minimum absolute atomic E-state index is 0.0176. The van der Waals surface area contributed by atoms with Crippen LogP contribution in [0.4, 0.5) is 0 Å². The van der Waals surface area contributed by atoms with Crippen LogP contribution in [0.5, 0.6) is 0 Å². The van der Waals surface area contributed by atoms with Crippen LogP contribution in [-0.4, -0.2) is 86.0 Å². The maximum absolute atomic E-state index is 13.5. The van der Waals surface area contributed by atoms with Gasteiger partial charge in [-0.1, -0.05) is 37.6 Å². The molecule has 10 heteroatoms. The number of ether oxygens (including phenoxy) is 1. The fourth-order valence-electron chi connectivity index (χ4n) is 4.19. The van der Waals surface area contributed by atoms with Crippen LogP contribution in [0.2, 0.25) is 5.02 Å². The minimum atomic E-state index is -3.58. The Hall–Kier alpha value is -1.68. The largest absolute Gasteiger partial charge is 0.383 e. The Morgan fingerprint density at radius 1 is 1.18 bits per heavy atom. The van der Waals surface area contributed by atoms with Gasteiger partial charge in [0.25, 0.3) is 0 Å². The number of nitrogens with zero attached hydrogens (tertiary/aromatic N) is 3. The summed E-state index contributed by atoms with van der Waals surface area (Å²) in [6.07, 6.45) is 3.11. The number of rotatable bonds is 13. The topological polar surface area (TPSA) is 87.2 Å². The maximum atomic E-state index is 13.5. The molecule has 34 heavy (non-hydrogen) atoms. The molecule has 1 aliphatic heterocycles. The van der Waals surface area contributed by atoms with Crippen LogP contribution in [0.3, 0.4) is 0 Å². The van der Waals surface area contributed by atoms with E-state index in [4.69, 9.17) is 16.3 Å². The van der Waals surface area contributed by atoms with Gasteiger partial charge in [-0.05, 0) is 43.4 Å². The zero-order valence-corrected chi connectivity index (χ0v) is 22.1. The zero-order valence-electron chi connectivity index (χ0n) is 20.5. The van der Waals surface area contributed by atoms with Crippen LogP contribution in [0, 0.1) is 0 Å². The van der Waals surface area contributed by atoms with Gasteiger partial charge >= 0.3 is 0 Å². The highest BCUT2D eigenvalue weighted by Crippen LogP contribution is 2.22. The van der Waals surface area contributed by atoms with E-state index >= 15 is 0 Å². The first-order valence-corrected chi connectivity index (χ1v) is 14.0. The lowest BCUT2D eigenvalue weighted by molar-refractivity contribution is -0.137. The maximum Gasteiger partial charge on any atom is 0.238 e. The number of piperidine rings is 1. The average Bonchev–Trinajstić information content (AvgIpc) is 2.80. The van der Waals surface area contributed by atoms with Crippen molar-refractivity contribution >= 4 is 33.4 Å². The first kappa shape index (κ1) is 28.6. The summed E-state index contributed by atoms with van der Waals surface area (Å²) in [6.45, 7) is 5.39. The van der Waals surface area contributed by atoms with Gasteiger partial charge in [0.15, 0.2) is 0 Å². The summed E-state index contributed by atoms with van der Waals surface area (Å²) in [4.78, 5) is 29.5. The Kier molecular flexibility index (Phi) is 11.8. The molecule has 1 saturated heterocycles. The van der Waals surface area contributed by atoms with Crippen molar-refractivity contribution in [2.75, 3.05) is 45.6 Å². The molecule has 0 atom stereocenters. The summed E-state index contributed by atoms with van der Waals surface area (Å²) in [5.74, 6) is -0.130. The van der Waals surface area contributed by atoms with Crippen LogP contribution in [0.25, 0.3) is 0 Å². The predicted molar refractivity (Wildman–Crippen MR) is 134 cm³/mol. The summed E-state index contributed by atoms with van der Waals surface area (Å²) in [7, 11) is -2.07. The second-order valence-corrected chi connectivity index (χ2v) is 11.2. The monoisotopic (exact) mass is 515 g/mol. The van der Waals surface area contributed by atoms with E-state index in [1.165, 1.54) is 11.4 Å². The molecule has 1 aromatic rings. The highest BCUT2D eigenvalue weighted by Gasteiger charge is 2.32. The van der Waals surface area contributed by atoms with Crippen molar-refractivity contribution in [3.05, 3.63) is 34.9 Å². The molecule has 192 valence electrons. The molecule has 1 aliphatic rings. The zero-order chi connectivity index (χ0) is 25.1. The molecule has 1 heterocycles. The van der Waals surface area contributed by atoms with Crippen LogP contribution >= 0.6 is 11.6 Å². The quantitative estimate of drug-likeness (QED) is 0.403. The summed E-state index contributed by atoms with van der Waals surface area (Å²) in [5, 5.41) is 0.581. The molecular formula is C24H38ClN3O5S. The third kappa shape index (κ3) is 8.52. The molecule has 0 aromatic heterocycles. The van der Waals surface area contributed by atoms with Crippen molar-refractivity contribution in [3.63, 3.8) is 0 Å². The number of hydrogen-bond acceptors (Lipinski definition) is 5. The molecule has 0 spiro atoms. The van der Waals surface area contributed by atoms with E-state index in [1.54, 1.807) is 17.9 Å². The Labute approximate surface area is 209 Å². The number of sulfonamides is 1. The summed E-state index contributed by atoms with van der Waals surface area (Å²) in [5.41, 5.74) is 0.880. The Morgan fingerprint density at radius 3 is 2.47 bits per heavy atom. The number of amides is 2. The van der Waals surface area contributed by atoms with E-state index in [2.05, 4.69) is 0 Å². The molecule has 1 aromatic carbocycles. The number of benzene rings is 1. The normalized spacial score (nSPS) is 15.0. The van der Waals surface area contributed by atoms with E-state index in [1.807, 2.05) is 30.0 Å². The van der Waals surface area contributed by atoms with E-state index in [0.29, 0.717) is 50.3 Å². The molecule has 1 fully saturated rings. The van der Waals surface area contributed by atoms with Gasteiger partial charge in [0.2, 0.25) is 21.8 Å². The smallest absolute Gasteiger partial charge is 0.238 e.